The summed E-state index contributed by atoms with van der Waals surface area (Å²) in [6.45, 7) is 1.54. The normalized spacial score (nSPS) is 10.3. The van der Waals surface area contributed by atoms with Crippen molar-refractivity contribution >= 4 is 17.7 Å². The lowest BCUT2D eigenvalue weighted by atomic mass is 10.3. The molecule has 1 aromatic heterocycles. The van der Waals surface area contributed by atoms with Crippen molar-refractivity contribution in [2.75, 3.05) is 19.4 Å². The number of imidazole rings is 1. The number of carbonyl (C=O) groups is 1. The third-order valence-corrected chi connectivity index (χ3v) is 3.88. The van der Waals surface area contributed by atoms with E-state index < -0.39 is 0 Å². The molecule has 2 rings (SSSR count). The zero-order chi connectivity index (χ0) is 14.9. The number of thioether (sulfide) groups is 1. The number of aromatic nitrogens is 2. The molecule has 0 spiro atoms. The minimum Gasteiger partial charge on any atom is -0.497 e. The summed E-state index contributed by atoms with van der Waals surface area (Å²) in [6, 6.07) is 7.71. The van der Waals surface area contributed by atoms with Crippen LogP contribution in [-0.2, 0) is 11.3 Å². The summed E-state index contributed by atoms with van der Waals surface area (Å²) in [5.41, 5.74) is 0. The van der Waals surface area contributed by atoms with E-state index in [-0.39, 0.29) is 5.91 Å². The molecule has 5 nitrogen and oxygen atoms in total. The van der Waals surface area contributed by atoms with Gasteiger partial charge in [-0.3, -0.25) is 4.79 Å². The van der Waals surface area contributed by atoms with E-state index in [9.17, 15) is 4.79 Å². The number of nitrogens with one attached hydrogen (secondary N) is 1. The van der Waals surface area contributed by atoms with Crippen LogP contribution in [0, 0.1) is 0 Å². The number of nitrogens with zero attached hydrogens (tertiary/aromatic N) is 2. The van der Waals surface area contributed by atoms with Crippen molar-refractivity contribution in [1.29, 1.82) is 0 Å². The Kier molecular flexibility index (Phi) is 6.15. The van der Waals surface area contributed by atoms with Crippen LogP contribution in [0.4, 0.5) is 0 Å². The fourth-order valence-electron chi connectivity index (χ4n) is 1.80. The highest BCUT2D eigenvalue weighted by Crippen LogP contribution is 2.22. The largest absolute Gasteiger partial charge is 0.497 e. The van der Waals surface area contributed by atoms with E-state index in [0.29, 0.717) is 12.3 Å². The van der Waals surface area contributed by atoms with Gasteiger partial charge in [0.05, 0.1) is 19.2 Å². The molecule has 1 N–H and O–H groups in total. The van der Waals surface area contributed by atoms with Crippen molar-refractivity contribution in [3.8, 4) is 5.75 Å². The molecule has 0 aliphatic carbocycles. The minimum atomic E-state index is 0.0495. The molecule has 2 aromatic rings. The molecule has 21 heavy (non-hydrogen) atoms. The summed E-state index contributed by atoms with van der Waals surface area (Å²) in [5, 5.41) is 2.92. The van der Waals surface area contributed by atoms with Crippen molar-refractivity contribution in [3.05, 3.63) is 43.0 Å². The van der Waals surface area contributed by atoms with Gasteiger partial charge in [0, 0.05) is 30.4 Å². The molecular weight excluding hydrogens is 286 g/mol. The molecular formula is C15H19N3O2S. The SMILES string of the molecule is COc1cccc(SCC(=O)NCCCn2ccnc2)c1. The van der Waals surface area contributed by atoms with Crippen molar-refractivity contribution in [2.45, 2.75) is 17.9 Å². The van der Waals surface area contributed by atoms with Gasteiger partial charge in [-0.2, -0.15) is 0 Å². The van der Waals surface area contributed by atoms with Gasteiger partial charge < -0.3 is 14.6 Å². The first-order valence-electron chi connectivity index (χ1n) is 6.77. The van der Waals surface area contributed by atoms with E-state index in [4.69, 9.17) is 4.74 Å². The van der Waals surface area contributed by atoms with Gasteiger partial charge >= 0.3 is 0 Å². The standard InChI is InChI=1S/C15H19N3O2S/c1-20-13-4-2-5-14(10-13)21-11-15(19)17-6-3-8-18-9-7-16-12-18/h2,4-5,7,9-10,12H,3,6,8,11H2,1H3,(H,17,19). The second kappa shape index (κ2) is 8.36. The molecule has 0 atom stereocenters. The molecule has 0 aliphatic heterocycles. The first-order valence-corrected chi connectivity index (χ1v) is 7.76. The van der Waals surface area contributed by atoms with Crippen molar-refractivity contribution in [1.82, 2.24) is 14.9 Å². The van der Waals surface area contributed by atoms with Gasteiger partial charge in [0.2, 0.25) is 5.91 Å². The fourth-order valence-corrected chi connectivity index (χ4v) is 2.57. The molecule has 1 amide bonds. The lowest BCUT2D eigenvalue weighted by Crippen LogP contribution is -2.26. The quantitative estimate of drug-likeness (QED) is 0.600. The van der Waals surface area contributed by atoms with Crippen LogP contribution in [0.25, 0.3) is 0 Å². The van der Waals surface area contributed by atoms with Crippen LogP contribution >= 0.6 is 11.8 Å². The fraction of sp³-hybridized carbons (Fsp3) is 0.333. The van der Waals surface area contributed by atoms with E-state index in [2.05, 4.69) is 10.3 Å². The Balaban J connectivity index is 1.62. The lowest BCUT2D eigenvalue weighted by Gasteiger charge is -2.06. The van der Waals surface area contributed by atoms with E-state index in [0.717, 1.165) is 23.6 Å². The summed E-state index contributed by atoms with van der Waals surface area (Å²) in [5.74, 6) is 1.27. The predicted molar refractivity (Wildman–Crippen MR) is 83.6 cm³/mol. The van der Waals surface area contributed by atoms with Gasteiger partial charge in [-0.1, -0.05) is 6.07 Å². The third kappa shape index (κ3) is 5.51. The predicted octanol–water partition coefficient (Wildman–Crippen LogP) is 2.19. The third-order valence-electron chi connectivity index (χ3n) is 2.89. The number of ether oxygens (including phenoxy) is 1. The zero-order valence-electron chi connectivity index (χ0n) is 12.0. The summed E-state index contributed by atoms with van der Waals surface area (Å²) in [7, 11) is 1.64. The van der Waals surface area contributed by atoms with Crippen LogP contribution in [0.1, 0.15) is 6.42 Å². The number of rotatable bonds is 8. The molecule has 1 aromatic carbocycles. The van der Waals surface area contributed by atoms with Gasteiger partial charge in [0.1, 0.15) is 5.75 Å². The Morgan fingerprint density at radius 3 is 3.14 bits per heavy atom. The highest BCUT2D eigenvalue weighted by atomic mass is 32.2. The summed E-state index contributed by atoms with van der Waals surface area (Å²) in [4.78, 5) is 16.8. The number of hydrogen-bond acceptors (Lipinski definition) is 4. The minimum absolute atomic E-state index is 0.0495. The van der Waals surface area contributed by atoms with Gasteiger partial charge in [-0.05, 0) is 24.6 Å². The highest BCUT2D eigenvalue weighted by molar-refractivity contribution is 8.00. The van der Waals surface area contributed by atoms with Crippen molar-refractivity contribution in [3.63, 3.8) is 0 Å². The molecule has 1 heterocycles. The van der Waals surface area contributed by atoms with Gasteiger partial charge in [-0.15, -0.1) is 11.8 Å². The van der Waals surface area contributed by atoms with Crippen LogP contribution in [0.15, 0.2) is 47.9 Å². The van der Waals surface area contributed by atoms with Gasteiger partial charge in [0.15, 0.2) is 0 Å². The number of benzene rings is 1. The highest BCUT2D eigenvalue weighted by Gasteiger charge is 2.03. The second-order valence-electron chi connectivity index (χ2n) is 4.47. The summed E-state index contributed by atoms with van der Waals surface area (Å²) < 4.78 is 7.15. The molecule has 0 saturated heterocycles. The summed E-state index contributed by atoms with van der Waals surface area (Å²) >= 11 is 1.51. The molecule has 0 saturated carbocycles. The number of hydrogen-bond donors (Lipinski definition) is 1. The van der Waals surface area contributed by atoms with E-state index in [1.807, 2.05) is 35.0 Å². The van der Waals surface area contributed by atoms with Crippen LogP contribution in [0.5, 0.6) is 5.75 Å². The maximum Gasteiger partial charge on any atom is 0.230 e. The van der Waals surface area contributed by atoms with E-state index >= 15 is 0 Å². The molecule has 112 valence electrons. The molecule has 0 radical (unpaired) electrons. The second-order valence-corrected chi connectivity index (χ2v) is 5.52. The van der Waals surface area contributed by atoms with E-state index in [1.54, 1.807) is 19.6 Å². The number of methoxy groups -OCH3 is 1. The first kappa shape index (κ1) is 15.4. The van der Waals surface area contributed by atoms with Gasteiger partial charge in [-0.25, -0.2) is 4.98 Å². The van der Waals surface area contributed by atoms with Crippen LogP contribution < -0.4 is 10.1 Å². The number of carbonyl (C=O) groups excluding carboxylic acids is 1. The van der Waals surface area contributed by atoms with Gasteiger partial charge in [0.25, 0.3) is 0 Å². The number of amides is 1. The molecule has 6 heteroatoms. The topological polar surface area (TPSA) is 56.1 Å². The van der Waals surface area contributed by atoms with E-state index in [1.165, 1.54) is 11.8 Å². The zero-order valence-corrected chi connectivity index (χ0v) is 12.8. The van der Waals surface area contributed by atoms with Crippen LogP contribution in [0.3, 0.4) is 0 Å². The van der Waals surface area contributed by atoms with Crippen LogP contribution in [0.2, 0.25) is 0 Å². The monoisotopic (exact) mass is 305 g/mol. The van der Waals surface area contributed by atoms with Crippen LogP contribution in [-0.4, -0.2) is 34.9 Å². The van der Waals surface area contributed by atoms with Crippen molar-refractivity contribution in [2.24, 2.45) is 0 Å². The maximum absolute atomic E-state index is 11.7. The Labute approximate surface area is 128 Å². The summed E-state index contributed by atoms with van der Waals surface area (Å²) in [6.07, 6.45) is 6.34. The lowest BCUT2D eigenvalue weighted by molar-refractivity contribution is -0.118. The van der Waals surface area contributed by atoms with Crippen molar-refractivity contribution < 1.29 is 9.53 Å². The maximum atomic E-state index is 11.7. The average Bonchev–Trinajstić information content (AvgIpc) is 3.03. The Bertz CT molecular complexity index is 558. The number of aryl methyl sites for hydroxylation is 1. The average molecular weight is 305 g/mol. The Morgan fingerprint density at radius 2 is 2.38 bits per heavy atom. The molecule has 0 fully saturated rings. The smallest absolute Gasteiger partial charge is 0.230 e. The molecule has 0 unspecified atom stereocenters. The molecule has 0 aliphatic rings. The first-order chi connectivity index (χ1) is 10.3. The Morgan fingerprint density at radius 1 is 1.48 bits per heavy atom. The Hall–Kier alpha value is -1.95. The molecule has 0 bridgehead atoms.